The van der Waals surface area contributed by atoms with Crippen molar-refractivity contribution in [3.8, 4) is 0 Å². The van der Waals surface area contributed by atoms with E-state index in [-0.39, 0.29) is 30.5 Å². The van der Waals surface area contributed by atoms with Gasteiger partial charge in [-0.3, -0.25) is 14.4 Å². The highest BCUT2D eigenvalue weighted by molar-refractivity contribution is 6.37. The monoisotopic (exact) mass is 421 g/mol. The molecule has 30 heavy (non-hydrogen) atoms. The third-order valence-corrected chi connectivity index (χ3v) is 5.43. The molecule has 0 aromatic carbocycles. The van der Waals surface area contributed by atoms with Gasteiger partial charge in [-0.1, -0.05) is 70.8 Å². The first-order valence-corrected chi connectivity index (χ1v) is 11.6. The number of allylic oxidation sites excluding steroid dienone is 1. The Bertz CT molecular complexity index is 596. The zero-order valence-electron chi connectivity index (χ0n) is 18.8. The first-order valence-electron chi connectivity index (χ1n) is 11.6. The summed E-state index contributed by atoms with van der Waals surface area (Å²) in [5, 5.41) is 2.56. The molecule has 1 aliphatic heterocycles. The molecule has 0 unspecified atom stereocenters. The Morgan fingerprint density at radius 2 is 1.57 bits per heavy atom. The Morgan fingerprint density at radius 3 is 2.13 bits per heavy atom. The fraction of sp³-hybridized carbons (Fsp3) is 0.750. The number of rotatable bonds is 17. The van der Waals surface area contributed by atoms with Crippen molar-refractivity contribution in [1.82, 2.24) is 5.32 Å². The highest BCUT2D eigenvalue weighted by Crippen LogP contribution is 2.12. The summed E-state index contributed by atoms with van der Waals surface area (Å²) in [6, 6.07) is -0.574. The molecule has 0 radical (unpaired) electrons. The topological polar surface area (TPSA) is 89.5 Å². The highest BCUT2D eigenvalue weighted by Gasteiger charge is 2.28. The second-order valence-electron chi connectivity index (χ2n) is 8.30. The first-order chi connectivity index (χ1) is 14.4. The van der Waals surface area contributed by atoms with Gasteiger partial charge in [-0.25, -0.2) is 4.79 Å². The number of unbranched alkanes of at least 4 members (excludes halogenated alkanes) is 9. The van der Waals surface area contributed by atoms with Gasteiger partial charge in [0.2, 0.25) is 11.7 Å². The minimum atomic E-state index is -0.574. The van der Waals surface area contributed by atoms with E-state index in [4.69, 9.17) is 4.74 Å². The molecule has 1 atom stereocenters. The van der Waals surface area contributed by atoms with Crippen LogP contribution in [0, 0.1) is 0 Å². The predicted octanol–water partition coefficient (Wildman–Crippen LogP) is 4.59. The van der Waals surface area contributed by atoms with Crippen LogP contribution in [0.25, 0.3) is 0 Å². The number of hydrogen-bond donors (Lipinski definition) is 1. The standard InChI is InChI=1S/C24H39NO5/c1-3-4-5-6-7-8-9-10-11-12-13-21(26)22(27)16-14-19(2)18-30-24(29)20-15-17-23(28)25-20/h14,20H,3-13,15-18H2,1-2H3,(H,25,28)/t20-/m0/s1. The highest BCUT2D eigenvalue weighted by atomic mass is 16.5. The lowest BCUT2D eigenvalue weighted by molar-refractivity contribution is -0.145. The number of Topliss-reactive ketones (excluding diaryl/α,β-unsaturated/α-hetero) is 2. The third kappa shape index (κ3) is 11.9. The molecule has 0 aliphatic carbocycles. The van der Waals surface area contributed by atoms with Crippen molar-refractivity contribution in [2.75, 3.05) is 6.61 Å². The van der Waals surface area contributed by atoms with Gasteiger partial charge in [0.1, 0.15) is 12.6 Å². The molecule has 1 fully saturated rings. The summed E-state index contributed by atoms with van der Waals surface area (Å²) in [7, 11) is 0. The summed E-state index contributed by atoms with van der Waals surface area (Å²) < 4.78 is 5.15. The maximum Gasteiger partial charge on any atom is 0.328 e. The third-order valence-electron chi connectivity index (χ3n) is 5.43. The molecule has 0 aromatic rings. The quantitative estimate of drug-likeness (QED) is 0.160. The van der Waals surface area contributed by atoms with Crippen LogP contribution in [0.15, 0.2) is 11.6 Å². The van der Waals surface area contributed by atoms with Crippen molar-refractivity contribution >= 4 is 23.4 Å². The molecule has 0 spiro atoms. The molecule has 0 saturated carbocycles. The average Bonchev–Trinajstić information content (AvgIpc) is 3.17. The van der Waals surface area contributed by atoms with Crippen molar-refractivity contribution in [3.63, 3.8) is 0 Å². The van der Waals surface area contributed by atoms with Gasteiger partial charge < -0.3 is 10.1 Å². The summed E-state index contributed by atoms with van der Waals surface area (Å²) in [6.45, 7) is 4.03. The molecule has 1 amide bonds. The number of carbonyl (C=O) groups is 4. The van der Waals surface area contributed by atoms with Crippen molar-refractivity contribution in [3.05, 3.63) is 11.6 Å². The fourth-order valence-corrected chi connectivity index (χ4v) is 3.43. The number of nitrogens with one attached hydrogen (secondary N) is 1. The summed E-state index contributed by atoms with van der Waals surface area (Å²) >= 11 is 0. The minimum absolute atomic E-state index is 0.0418. The molecule has 6 heteroatoms. The van der Waals surface area contributed by atoms with Crippen LogP contribution in [0.1, 0.15) is 104 Å². The van der Waals surface area contributed by atoms with E-state index >= 15 is 0 Å². The van der Waals surface area contributed by atoms with Gasteiger partial charge in [-0.2, -0.15) is 0 Å². The van der Waals surface area contributed by atoms with E-state index in [0.717, 1.165) is 19.3 Å². The van der Waals surface area contributed by atoms with Crippen LogP contribution in [0.4, 0.5) is 0 Å². The molecule has 1 rings (SSSR count). The van der Waals surface area contributed by atoms with Crippen molar-refractivity contribution in [2.24, 2.45) is 0 Å². The van der Waals surface area contributed by atoms with E-state index in [2.05, 4.69) is 12.2 Å². The largest absolute Gasteiger partial charge is 0.460 e. The molecule has 1 aliphatic rings. The maximum absolute atomic E-state index is 12.0. The van der Waals surface area contributed by atoms with Gasteiger partial charge in [0.05, 0.1) is 0 Å². The second-order valence-corrected chi connectivity index (χ2v) is 8.30. The molecule has 1 heterocycles. The number of ketones is 2. The fourth-order valence-electron chi connectivity index (χ4n) is 3.43. The van der Waals surface area contributed by atoms with E-state index in [1.54, 1.807) is 13.0 Å². The lowest BCUT2D eigenvalue weighted by atomic mass is 10.0. The van der Waals surface area contributed by atoms with Crippen LogP contribution in [-0.4, -0.2) is 36.1 Å². The smallest absolute Gasteiger partial charge is 0.328 e. The number of esters is 1. The molecule has 170 valence electrons. The van der Waals surface area contributed by atoms with Crippen LogP contribution in [-0.2, 0) is 23.9 Å². The predicted molar refractivity (Wildman–Crippen MR) is 117 cm³/mol. The van der Waals surface area contributed by atoms with E-state index in [9.17, 15) is 19.2 Å². The Kier molecular flexibility index (Phi) is 13.7. The summed E-state index contributed by atoms with van der Waals surface area (Å²) in [5.74, 6) is -1.31. The van der Waals surface area contributed by atoms with Crippen LogP contribution in [0.5, 0.6) is 0 Å². The van der Waals surface area contributed by atoms with Gasteiger partial charge in [0.25, 0.3) is 0 Å². The normalized spacial score (nSPS) is 16.4. The summed E-state index contributed by atoms with van der Waals surface area (Å²) in [6.07, 6.45) is 14.7. The summed E-state index contributed by atoms with van der Waals surface area (Å²) in [4.78, 5) is 46.9. The van der Waals surface area contributed by atoms with Crippen molar-refractivity contribution in [1.29, 1.82) is 0 Å². The van der Waals surface area contributed by atoms with Crippen LogP contribution >= 0.6 is 0 Å². The number of hydrogen-bond acceptors (Lipinski definition) is 5. The zero-order valence-corrected chi connectivity index (χ0v) is 18.8. The molecule has 1 saturated heterocycles. The Morgan fingerprint density at radius 1 is 0.967 bits per heavy atom. The first kappa shape index (κ1) is 26.1. The van der Waals surface area contributed by atoms with Crippen LogP contribution in [0.3, 0.4) is 0 Å². The molecular weight excluding hydrogens is 382 g/mol. The van der Waals surface area contributed by atoms with E-state index in [1.807, 2.05) is 0 Å². The SMILES string of the molecule is CCCCCCCCCCCCC(=O)C(=O)CC=C(C)COC(=O)[C@@H]1CCC(=O)N1. The minimum Gasteiger partial charge on any atom is -0.460 e. The molecule has 6 nitrogen and oxygen atoms in total. The van der Waals surface area contributed by atoms with Gasteiger partial charge >= 0.3 is 5.97 Å². The molecule has 0 aromatic heterocycles. The molecule has 1 N–H and O–H groups in total. The second kappa shape index (κ2) is 15.8. The Labute approximate surface area is 181 Å². The lowest BCUT2D eigenvalue weighted by Gasteiger charge is -2.10. The number of ether oxygens (including phenoxy) is 1. The maximum atomic E-state index is 12.0. The Balaban J connectivity index is 2.07. The van der Waals surface area contributed by atoms with Crippen LogP contribution < -0.4 is 5.32 Å². The molecule has 0 bridgehead atoms. The van der Waals surface area contributed by atoms with Crippen molar-refractivity contribution < 1.29 is 23.9 Å². The van der Waals surface area contributed by atoms with Gasteiger partial charge in [-0.05, 0) is 25.3 Å². The van der Waals surface area contributed by atoms with Crippen molar-refractivity contribution in [2.45, 2.75) is 110 Å². The van der Waals surface area contributed by atoms with Gasteiger partial charge in [-0.15, -0.1) is 0 Å². The summed E-state index contributed by atoms with van der Waals surface area (Å²) in [5.41, 5.74) is 0.716. The lowest BCUT2D eigenvalue weighted by Crippen LogP contribution is -2.34. The molecular formula is C24H39NO5. The van der Waals surface area contributed by atoms with Crippen LogP contribution in [0.2, 0.25) is 0 Å². The van der Waals surface area contributed by atoms with E-state index in [1.165, 1.54) is 44.9 Å². The van der Waals surface area contributed by atoms with E-state index in [0.29, 0.717) is 24.8 Å². The number of amides is 1. The average molecular weight is 422 g/mol. The zero-order chi connectivity index (χ0) is 22.2. The van der Waals surface area contributed by atoms with E-state index < -0.39 is 12.0 Å². The Hall–Kier alpha value is -1.98. The number of carbonyl (C=O) groups excluding carboxylic acids is 4. The van der Waals surface area contributed by atoms with Gasteiger partial charge in [0, 0.05) is 19.3 Å². The van der Waals surface area contributed by atoms with Gasteiger partial charge in [0.15, 0.2) is 5.78 Å².